The number of amides is 1. The number of methoxy groups -OCH3 is 1. The van der Waals surface area contributed by atoms with E-state index in [1.807, 2.05) is 29.2 Å². The van der Waals surface area contributed by atoms with Crippen molar-refractivity contribution in [1.29, 1.82) is 0 Å². The van der Waals surface area contributed by atoms with Crippen LogP contribution in [0.25, 0.3) is 0 Å². The lowest BCUT2D eigenvalue weighted by atomic mass is 10.1. The third-order valence-electron chi connectivity index (χ3n) is 3.68. The first-order valence-electron chi connectivity index (χ1n) is 6.69. The lowest BCUT2D eigenvalue weighted by Crippen LogP contribution is -2.42. The molecule has 0 spiro atoms. The maximum atomic E-state index is 12.6. The lowest BCUT2D eigenvalue weighted by molar-refractivity contribution is 0.0594. The summed E-state index contributed by atoms with van der Waals surface area (Å²) in [5, 5.41) is 0. The van der Waals surface area contributed by atoms with Gasteiger partial charge in [-0.3, -0.25) is 4.79 Å². The Kier molecular flexibility index (Phi) is 5.21. The van der Waals surface area contributed by atoms with Crippen LogP contribution in [-0.4, -0.2) is 37.1 Å². The summed E-state index contributed by atoms with van der Waals surface area (Å²) in [4.78, 5) is 14.6. The predicted molar refractivity (Wildman–Crippen MR) is 84.3 cm³/mol. The van der Waals surface area contributed by atoms with E-state index in [4.69, 9.17) is 4.74 Å². The Hall–Kier alpha value is -0.620. The van der Waals surface area contributed by atoms with Gasteiger partial charge in [-0.25, -0.2) is 0 Å². The van der Waals surface area contributed by atoms with Gasteiger partial charge in [0.05, 0.1) is 6.61 Å². The second-order valence-corrected chi connectivity index (χ2v) is 6.32. The van der Waals surface area contributed by atoms with Crippen molar-refractivity contribution in [2.75, 3.05) is 20.3 Å². The molecule has 1 aromatic rings. The molecule has 0 radical (unpaired) electrons. The van der Waals surface area contributed by atoms with E-state index >= 15 is 0 Å². The van der Waals surface area contributed by atoms with Gasteiger partial charge in [0.15, 0.2) is 0 Å². The van der Waals surface area contributed by atoms with E-state index in [0.29, 0.717) is 25.1 Å². The highest BCUT2D eigenvalue weighted by Crippen LogP contribution is 2.35. The summed E-state index contributed by atoms with van der Waals surface area (Å²) < 4.78 is 6.28. The average molecular weight is 373 g/mol. The molecule has 104 valence electrons. The second kappa shape index (κ2) is 6.70. The van der Waals surface area contributed by atoms with Crippen molar-refractivity contribution in [3.8, 4) is 0 Å². The number of rotatable bonds is 6. The van der Waals surface area contributed by atoms with Crippen molar-refractivity contribution in [1.82, 2.24) is 4.90 Å². The first-order chi connectivity index (χ1) is 9.13. The Morgan fingerprint density at radius 1 is 1.42 bits per heavy atom. The normalized spacial score (nSPS) is 16.2. The van der Waals surface area contributed by atoms with E-state index in [2.05, 4.69) is 29.5 Å². The molecule has 1 unspecified atom stereocenters. The second-order valence-electron chi connectivity index (χ2n) is 5.08. The summed E-state index contributed by atoms with van der Waals surface area (Å²) in [6.07, 6.45) is 2.48. The highest BCUT2D eigenvalue weighted by molar-refractivity contribution is 14.1. The fraction of sp³-hybridized carbons (Fsp3) is 0.533. The first-order valence-corrected chi connectivity index (χ1v) is 7.77. The van der Waals surface area contributed by atoms with Gasteiger partial charge in [0.1, 0.15) is 0 Å². The van der Waals surface area contributed by atoms with Gasteiger partial charge in [0.25, 0.3) is 5.91 Å². The molecule has 1 aliphatic rings. The minimum absolute atomic E-state index is 0.118. The molecule has 0 aromatic heterocycles. The van der Waals surface area contributed by atoms with Crippen LogP contribution < -0.4 is 0 Å². The minimum Gasteiger partial charge on any atom is -0.383 e. The van der Waals surface area contributed by atoms with Crippen LogP contribution in [0.1, 0.15) is 30.1 Å². The smallest absolute Gasteiger partial charge is 0.254 e. The van der Waals surface area contributed by atoms with E-state index in [1.54, 1.807) is 7.11 Å². The van der Waals surface area contributed by atoms with Gasteiger partial charge >= 0.3 is 0 Å². The maximum Gasteiger partial charge on any atom is 0.254 e. The number of carbonyl (C=O) groups excluding carboxylic acids is 1. The summed E-state index contributed by atoms with van der Waals surface area (Å²) in [6, 6.07) is 8.07. The molecular formula is C15H20INO2. The molecule has 1 aromatic carbocycles. The van der Waals surface area contributed by atoms with Crippen LogP contribution in [0.4, 0.5) is 0 Å². The highest BCUT2D eigenvalue weighted by atomic mass is 127. The predicted octanol–water partition coefficient (Wildman–Crippen LogP) is 3.18. The summed E-state index contributed by atoms with van der Waals surface area (Å²) in [5.74, 6) is 0.789. The first kappa shape index (κ1) is 14.8. The maximum absolute atomic E-state index is 12.6. The van der Waals surface area contributed by atoms with Crippen molar-refractivity contribution in [3.63, 3.8) is 0 Å². The Balaban J connectivity index is 2.11. The van der Waals surface area contributed by atoms with E-state index in [1.165, 1.54) is 12.8 Å². The molecule has 0 saturated heterocycles. The van der Waals surface area contributed by atoms with Crippen LogP contribution in [0.3, 0.4) is 0 Å². The van der Waals surface area contributed by atoms with Gasteiger partial charge in [-0.1, -0.05) is 0 Å². The van der Waals surface area contributed by atoms with Gasteiger partial charge in [0, 0.05) is 28.8 Å². The van der Waals surface area contributed by atoms with Crippen molar-refractivity contribution >= 4 is 28.5 Å². The van der Waals surface area contributed by atoms with E-state index in [0.717, 1.165) is 9.13 Å². The number of halogens is 1. The minimum atomic E-state index is 0.118. The van der Waals surface area contributed by atoms with Crippen LogP contribution in [0.15, 0.2) is 24.3 Å². The van der Waals surface area contributed by atoms with Gasteiger partial charge in [-0.2, -0.15) is 0 Å². The Morgan fingerprint density at radius 2 is 2.05 bits per heavy atom. The molecule has 1 fully saturated rings. The third kappa shape index (κ3) is 3.92. The SMILES string of the molecule is COCCN(C(=O)c1ccc(I)cc1)C(C)C1CC1. The fourth-order valence-corrected chi connectivity index (χ4v) is 2.63. The zero-order valence-electron chi connectivity index (χ0n) is 11.4. The molecule has 1 amide bonds. The summed E-state index contributed by atoms with van der Waals surface area (Å²) >= 11 is 2.25. The van der Waals surface area contributed by atoms with Crippen molar-refractivity contribution in [2.45, 2.75) is 25.8 Å². The van der Waals surface area contributed by atoms with Crippen LogP contribution in [0, 0.1) is 9.49 Å². The molecule has 1 atom stereocenters. The number of carbonyl (C=O) groups is 1. The fourth-order valence-electron chi connectivity index (χ4n) is 2.27. The summed E-state index contributed by atoms with van der Waals surface area (Å²) in [6.45, 7) is 3.41. The lowest BCUT2D eigenvalue weighted by Gasteiger charge is -2.29. The largest absolute Gasteiger partial charge is 0.383 e. The summed E-state index contributed by atoms with van der Waals surface area (Å²) in [5.41, 5.74) is 0.768. The van der Waals surface area contributed by atoms with Crippen LogP contribution in [0.2, 0.25) is 0 Å². The number of hydrogen-bond acceptors (Lipinski definition) is 2. The molecule has 0 heterocycles. The van der Waals surface area contributed by atoms with Crippen LogP contribution in [-0.2, 0) is 4.74 Å². The molecule has 1 aliphatic carbocycles. The number of benzene rings is 1. The van der Waals surface area contributed by atoms with E-state index < -0.39 is 0 Å². The Bertz CT molecular complexity index is 428. The Labute approximate surface area is 128 Å². The van der Waals surface area contributed by atoms with Gasteiger partial charge in [0.2, 0.25) is 0 Å². The third-order valence-corrected chi connectivity index (χ3v) is 4.40. The number of hydrogen-bond donors (Lipinski definition) is 0. The van der Waals surface area contributed by atoms with Gasteiger partial charge in [-0.05, 0) is 72.5 Å². The molecule has 0 bridgehead atoms. The zero-order chi connectivity index (χ0) is 13.8. The standard InChI is InChI=1S/C15H20INO2/c1-11(12-3-4-12)17(9-10-19-2)15(18)13-5-7-14(16)8-6-13/h5-8,11-12H,3-4,9-10H2,1-2H3. The van der Waals surface area contributed by atoms with Gasteiger partial charge in [-0.15, -0.1) is 0 Å². The topological polar surface area (TPSA) is 29.5 Å². The quantitative estimate of drug-likeness (QED) is 0.717. The zero-order valence-corrected chi connectivity index (χ0v) is 13.6. The van der Waals surface area contributed by atoms with Crippen LogP contribution >= 0.6 is 22.6 Å². The van der Waals surface area contributed by atoms with Crippen molar-refractivity contribution in [3.05, 3.63) is 33.4 Å². The molecule has 2 rings (SSSR count). The van der Waals surface area contributed by atoms with Gasteiger partial charge < -0.3 is 9.64 Å². The molecule has 0 aliphatic heterocycles. The van der Waals surface area contributed by atoms with E-state index in [9.17, 15) is 4.79 Å². The molecule has 0 N–H and O–H groups in total. The molecule has 1 saturated carbocycles. The number of ether oxygens (including phenoxy) is 1. The Morgan fingerprint density at radius 3 is 2.58 bits per heavy atom. The number of nitrogens with zero attached hydrogens (tertiary/aromatic N) is 1. The van der Waals surface area contributed by atoms with E-state index in [-0.39, 0.29) is 5.91 Å². The van der Waals surface area contributed by atoms with Crippen molar-refractivity contribution in [2.24, 2.45) is 5.92 Å². The molecule has 3 nitrogen and oxygen atoms in total. The monoisotopic (exact) mass is 373 g/mol. The van der Waals surface area contributed by atoms with Crippen molar-refractivity contribution < 1.29 is 9.53 Å². The van der Waals surface area contributed by atoms with Crippen LogP contribution in [0.5, 0.6) is 0 Å². The summed E-state index contributed by atoms with van der Waals surface area (Å²) in [7, 11) is 1.68. The highest BCUT2D eigenvalue weighted by Gasteiger charge is 2.34. The average Bonchev–Trinajstić information content (AvgIpc) is 3.23. The molecule has 4 heteroatoms. The molecule has 19 heavy (non-hydrogen) atoms. The molecular weight excluding hydrogens is 353 g/mol.